The summed E-state index contributed by atoms with van der Waals surface area (Å²) in [5.41, 5.74) is 1.02. The predicted octanol–water partition coefficient (Wildman–Crippen LogP) is 7.42. The van der Waals surface area contributed by atoms with Gasteiger partial charge in [-0.2, -0.15) is 11.8 Å². The summed E-state index contributed by atoms with van der Waals surface area (Å²) in [4.78, 5) is 18.6. The molecule has 0 spiro atoms. The molecule has 0 heterocycles. The Bertz CT molecular complexity index is 1020. The molecule has 3 aromatic carbocycles. The van der Waals surface area contributed by atoms with Gasteiger partial charge in [0.2, 0.25) is 0 Å². The Morgan fingerprint density at radius 2 is 0.727 bits per heavy atom. The second kappa shape index (κ2) is 29.6. The van der Waals surface area contributed by atoms with Crippen molar-refractivity contribution in [2.45, 2.75) is 117 Å². The number of rotatable bonds is 15. The molecule has 8 heteroatoms. The van der Waals surface area contributed by atoms with E-state index in [1.165, 1.54) is 151 Å². The molecule has 0 radical (unpaired) electrons. The van der Waals surface area contributed by atoms with E-state index in [0.717, 1.165) is 0 Å². The molecular weight excluding hydrogens is 756 g/mol. The van der Waals surface area contributed by atoms with Crippen molar-refractivity contribution >= 4 is 42.2 Å². The molecule has 3 rings (SSSR count). The van der Waals surface area contributed by atoms with Gasteiger partial charge < -0.3 is 27.7 Å². The van der Waals surface area contributed by atoms with E-state index >= 15 is 0 Å². The van der Waals surface area contributed by atoms with E-state index < -0.39 is 5.69 Å². The Morgan fingerprint density at radius 3 is 0.932 bits per heavy atom. The fourth-order valence-corrected chi connectivity index (χ4v) is 7.34. The van der Waals surface area contributed by atoms with Crippen molar-refractivity contribution < 1.29 is 64.7 Å². The predicted molar refractivity (Wildman–Crippen MR) is 183 cm³/mol. The van der Waals surface area contributed by atoms with Crippen LogP contribution in [0.3, 0.4) is 0 Å². The number of unbranched alkanes of at least 4 members (excludes halogenated alkanes) is 9. The third-order valence-electron chi connectivity index (χ3n) is 7.25. The second-order valence-corrected chi connectivity index (χ2v) is 20.5. The third kappa shape index (κ3) is 27.6. The van der Waals surface area contributed by atoms with E-state index in [2.05, 4.69) is 118 Å². The molecule has 0 saturated heterocycles. The molecule has 0 saturated carbocycles. The minimum absolute atomic E-state index is 1.29. The minimum Gasteiger partial charge on any atom is -0.850 e. The van der Waals surface area contributed by atoms with Crippen molar-refractivity contribution in [3.63, 3.8) is 0 Å². The van der Waals surface area contributed by atoms with Crippen LogP contribution in [-0.2, 0) is 98.2 Å². The van der Waals surface area contributed by atoms with Crippen molar-refractivity contribution in [2.24, 2.45) is 0 Å². The van der Waals surface area contributed by atoms with Gasteiger partial charge in [0, 0.05) is 0 Å². The van der Waals surface area contributed by atoms with Gasteiger partial charge in [-0.3, -0.25) is 0 Å². The van der Waals surface area contributed by atoms with Crippen LogP contribution in [0.5, 0.6) is 0 Å². The Kier molecular flexibility index (Phi) is 29.9. The molecule has 0 bridgehead atoms. The van der Waals surface area contributed by atoms with E-state index in [1.807, 2.05) is 0 Å². The summed E-state index contributed by atoms with van der Waals surface area (Å²) in [6, 6.07) is 26.5. The molecule has 0 fully saturated rings. The first kappa shape index (κ1) is 44.5. The first-order valence-electron chi connectivity index (χ1n) is 16.5. The molecule has 2 nitrogen and oxygen atoms in total. The number of hydrogen-bond acceptors (Lipinski definition) is 4. The molecule has 0 aliphatic heterocycles. The van der Waals surface area contributed by atoms with Gasteiger partial charge in [0.25, 0.3) is 0 Å². The molecule has 0 aliphatic carbocycles. The van der Waals surface area contributed by atoms with E-state index in [4.69, 9.17) is 0 Å². The van der Waals surface area contributed by atoms with E-state index in [-0.39, 0.29) is 0 Å². The Labute approximate surface area is 310 Å². The average Bonchev–Trinajstić information content (AvgIpc) is 2.98. The van der Waals surface area contributed by atoms with Gasteiger partial charge in [0.05, 0.1) is 0 Å². The molecule has 0 N–H and O–H groups in total. The van der Waals surface area contributed by atoms with Crippen LogP contribution in [0.25, 0.3) is 0 Å². The van der Waals surface area contributed by atoms with Crippen LogP contribution in [0.2, 0.25) is 0 Å². The van der Waals surface area contributed by atoms with Gasteiger partial charge >= 0.3 is 274 Å². The number of aryl methyl sites for hydroxylation is 3. The summed E-state index contributed by atoms with van der Waals surface area (Å²) in [5.74, 6) is 0. The summed E-state index contributed by atoms with van der Waals surface area (Å²) in [6.07, 6.45) is 20.3. The van der Waals surface area contributed by atoms with Crippen molar-refractivity contribution in [3.05, 3.63) is 89.5 Å². The largest absolute Gasteiger partial charge is 0.850 e. The summed E-state index contributed by atoms with van der Waals surface area (Å²) in [6.45, 7) is 6.79. The third-order valence-corrected chi connectivity index (χ3v) is 11.6. The van der Waals surface area contributed by atoms with Crippen molar-refractivity contribution in [2.75, 3.05) is 0 Å². The fourth-order valence-electron chi connectivity index (χ4n) is 4.63. The van der Waals surface area contributed by atoms with Crippen molar-refractivity contribution in [1.82, 2.24) is 0 Å². The molecule has 0 aliphatic rings. The first-order chi connectivity index (χ1) is 21.0. The maximum absolute atomic E-state index is 9.29. The Balaban J connectivity index is 0.000000585. The minimum atomic E-state index is -3.72. The summed E-state index contributed by atoms with van der Waals surface area (Å²) in [7, 11) is 0. The SMILES string of the molecule is CCCCCCc1cccc[c]1[Zn+].CCCCCCc1cccc[c]1[Zn+].CCCCCCc1cccc[c]1[Zn+].[O-]P([O-])(=S)[S-]. The van der Waals surface area contributed by atoms with Gasteiger partial charge in [-0.25, -0.2) is 0 Å². The van der Waals surface area contributed by atoms with Crippen LogP contribution in [0, 0.1) is 0 Å². The smallest absolute Gasteiger partial charge is 0.160 e. The molecule has 0 amide bonds. The molecule has 0 unspecified atom stereocenters. The maximum atomic E-state index is 9.29. The van der Waals surface area contributed by atoms with E-state index in [1.54, 1.807) is 29.2 Å². The second-order valence-electron chi connectivity index (χ2n) is 11.2. The fraction of sp³-hybridized carbons (Fsp3) is 0.500. The summed E-state index contributed by atoms with van der Waals surface area (Å²) in [5, 5.41) is 0. The van der Waals surface area contributed by atoms with Gasteiger partial charge in [-0.05, 0) is 0 Å². The Hall–Kier alpha value is 0.450. The van der Waals surface area contributed by atoms with Crippen LogP contribution >= 0.6 is 5.69 Å². The zero-order valence-electron chi connectivity index (χ0n) is 27.7. The first-order valence-corrected chi connectivity index (χ1v) is 24.6. The monoisotopic (exact) mass is 802 g/mol. The van der Waals surface area contributed by atoms with Gasteiger partial charge in [0.15, 0.2) is 0 Å². The molecule has 230 valence electrons. The number of benzene rings is 3. The van der Waals surface area contributed by atoms with E-state index in [9.17, 15) is 9.79 Å². The van der Waals surface area contributed by atoms with Crippen LogP contribution in [0.15, 0.2) is 72.8 Å². The van der Waals surface area contributed by atoms with Crippen LogP contribution in [0.1, 0.15) is 115 Å². The normalized spacial score (nSPS) is 10.5. The average molecular weight is 807 g/mol. The molecule has 0 aromatic heterocycles. The summed E-state index contributed by atoms with van der Waals surface area (Å²) >= 11 is 11.2. The van der Waals surface area contributed by atoms with Crippen molar-refractivity contribution in [1.29, 1.82) is 0 Å². The maximum Gasteiger partial charge on any atom is -0.160 e. The molecular formula is C36H51O2PS2Zn3. The zero-order chi connectivity index (χ0) is 33.1. The van der Waals surface area contributed by atoms with Gasteiger partial charge in [-0.1, -0.05) is 0 Å². The molecule has 3 aromatic rings. The molecule has 0 atom stereocenters. The number of hydrogen-bond donors (Lipinski definition) is 0. The van der Waals surface area contributed by atoms with E-state index in [0.29, 0.717) is 0 Å². The van der Waals surface area contributed by atoms with Crippen LogP contribution < -0.4 is 22.3 Å². The quantitative estimate of drug-likeness (QED) is 0.0695. The van der Waals surface area contributed by atoms with Crippen molar-refractivity contribution in [3.8, 4) is 0 Å². The standard InChI is InChI=1S/3C12H17.H3O2PS2.3Zn/c3*1-2-3-4-6-9-12-10-7-5-8-11-12;1-3(2,4)5;;;/h3*5,7-8,10H,2-4,6,9H2,1H3;(H3,1,2,4,5);;;/q;;;;3*+1/p-3. The van der Waals surface area contributed by atoms with Gasteiger partial charge in [0.1, 0.15) is 0 Å². The topological polar surface area (TPSA) is 46.1 Å². The Morgan fingerprint density at radius 1 is 0.500 bits per heavy atom. The van der Waals surface area contributed by atoms with Crippen LogP contribution in [-0.4, -0.2) is 0 Å². The zero-order valence-corrected chi connectivity index (χ0v) is 39.2. The molecule has 44 heavy (non-hydrogen) atoms. The summed E-state index contributed by atoms with van der Waals surface area (Å²) < 4.78 is 4.71. The van der Waals surface area contributed by atoms with Crippen LogP contribution in [0.4, 0.5) is 0 Å². The van der Waals surface area contributed by atoms with Gasteiger partial charge in [-0.15, -0.1) is 0 Å².